The highest BCUT2D eigenvalue weighted by atomic mass is 16.6. The predicted octanol–water partition coefficient (Wildman–Crippen LogP) is 2.70. The smallest absolute Gasteiger partial charge is 0.270 e. The highest BCUT2D eigenvalue weighted by Crippen LogP contribution is 2.25. The van der Waals surface area contributed by atoms with Gasteiger partial charge in [0.25, 0.3) is 5.69 Å². The van der Waals surface area contributed by atoms with E-state index in [1.165, 1.54) is 12.1 Å². The van der Waals surface area contributed by atoms with Crippen LogP contribution in [0.3, 0.4) is 0 Å². The number of aromatic nitrogens is 2. The molecule has 1 saturated heterocycles. The molecule has 1 aliphatic heterocycles. The zero-order valence-electron chi connectivity index (χ0n) is 14.0. The lowest BCUT2D eigenvalue weighted by molar-refractivity contribution is -0.384. The van der Waals surface area contributed by atoms with Crippen molar-refractivity contribution in [3.63, 3.8) is 0 Å². The summed E-state index contributed by atoms with van der Waals surface area (Å²) in [7, 11) is 2.05. The van der Waals surface area contributed by atoms with Gasteiger partial charge in [0.1, 0.15) is 5.70 Å². The molecule has 0 aliphatic carbocycles. The summed E-state index contributed by atoms with van der Waals surface area (Å²) in [5.41, 5.74) is 1.06. The van der Waals surface area contributed by atoms with Gasteiger partial charge in [-0.05, 0) is 50.7 Å². The fourth-order valence-electron chi connectivity index (χ4n) is 3.03. The van der Waals surface area contributed by atoms with Gasteiger partial charge in [0.2, 0.25) is 0 Å². The highest BCUT2D eigenvalue weighted by Gasteiger charge is 2.27. The van der Waals surface area contributed by atoms with Crippen LogP contribution < -0.4 is 0 Å². The molecule has 3 rings (SSSR count). The maximum absolute atomic E-state index is 13.0. The van der Waals surface area contributed by atoms with Crippen LogP contribution in [0.1, 0.15) is 18.4 Å². The number of nitrogens with zero attached hydrogens (tertiary/aromatic N) is 4. The van der Waals surface area contributed by atoms with Gasteiger partial charge in [-0.3, -0.25) is 14.9 Å². The molecule has 2 heterocycles. The van der Waals surface area contributed by atoms with Gasteiger partial charge in [-0.25, -0.2) is 4.68 Å². The number of hydrogen-bond acceptors (Lipinski definition) is 5. The number of non-ortho nitro benzene ring substituents is 1. The number of allylic oxidation sites excluding steroid dienone is 1. The highest BCUT2D eigenvalue weighted by molar-refractivity contribution is 6.20. The topological polar surface area (TPSA) is 81.3 Å². The number of piperidine rings is 1. The van der Waals surface area contributed by atoms with Crippen molar-refractivity contribution in [3.05, 3.63) is 58.4 Å². The Morgan fingerprint density at radius 3 is 2.72 bits per heavy atom. The third-order valence-electron chi connectivity index (χ3n) is 4.48. The molecule has 25 heavy (non-hydrogen) atoms. The first kappa shape index (κ1) is 17.0. The molecule has 1 aromatic carbocycles. The van der Waals surface area contributed by atoms with E-state index in [0.29, 0.717) is 11.3 Å². The number of nitro groups is 1. The first-order valence-corrected chi connectivity index (χ1v) is 8.23. The average molecular weight is 340 g/mol. The fourth-order valence-corrected chi connectivity index (χ4v) is 3.03. The number of ketones is 1. The second-order valence-corrected chi connectivity index (χ2v) is 6.27. The Labute approximate surface area is 145 Å². The zero-order valence-corrected chi connectivity index (χ0v) is 14.0. The molecule has 7 nitrogen and oxygen atoms in total. The normalized spacial score (nSPS) is 16.8. The van der Waals surface area contributed by atoms with Crippen molar-refractivity contribution in [2.24, 2.45) is 5.92 Å². The van der Waals surface area contributed by atoms with Gasteiger partial charge in [0.15, 0.2) is 5.78 Å². The standard InChI is InChI=1S/C18H20N4O3/c1-20-10-6-15(7-11-20)18(23)17(21-9-3-8-19-21)13-14-4-2-5-16(12-14)22(24)25/h2-5,8-9,12-13,15H,6-7,10-11H2,1H3/b17-13-. The van der Waals surface area contributed by atoms with Gasteiger partial charge in [-0.1, -0.05) is 12.1 Å². The number of nitro benzene ring substituents is 1. The van der Waals surface area contributed by atoms with Crippen molar-refractivity contribution >= 4 is 23.2 Å². The lowest BCUT2D eigenvalue weighted by Gasteiger charge is -2.28. The third kappa shape index (κ3) is 4.00. The van der Waals surface area contributed by atoms with Gasteiger partial charge in [0.05, 0.1) is 4.92 Å². The van der Waals surface area contributed by atoms with E-state index in [9.17, 15) is 14.9 Å². The first-order chi connectivity index (χ1) is 12.0. The maximum atomic E-state index is 13.0. The second kappa shape index (κ2) is 7.40. The number of likely N-dealkylation sites (tertiary alicyclic amines) is 1. The van der Waals surface area contributed by atoms with Crippen LogP contribution in [0.15, 0.2) is 42.7 Å². The Kier molecular flexibility index (Phi) is 5.04. The van der Waals surface area contributed by atoms with E-state index in [1.807, 2.05) is 7.05 Å². The Morgan fingerprint density at radius 1 is 1.32 bits per heavy atom. The summed E-state index contributed by atoms with van der Waals surface area (Å²) in [6.07, 6.45) is 6.63. The van der Waals surface area contributed by atoms with E-state index >= 15 is 0 Å². The van der Waals surface area contributed by atoms with E-state index in [4.69, 9.17) is 0 Å². The molecule has 1 fully saturated rings. The van der Waals surface area contributed by atoms with E-state index in [0.717, 1.165) is 25.9 Å². The Balaban J connectivity index is 1.94. The van der Waals surface area contributed by atoms with E-state index in [2.05, 4.69) is 10.00 Å². The molecule has 0 amide bonds. The Morgan fingerprint density at radius 2 is 2.08 bits per heavy atom. The monoisotopic (exact) mass is 340 g/mol. The minimum absolute atomic E-state index is 0.000283. The average Bonchev–Trinajstić information content (AvgIpc) is 3.14. The lowest BCUT2D eigenvalue weighted by atomic mass is 9.90. The van der Waals surface area contributed by atoms with E-state index in [-0.39, 0.29) is 17.4 Å². The van der Waals surface area contributed by atoms with Crippen molar-refractivity contribution in [2.45, 2.75) is 12.8 Å². The molecule has 2 aromatic rings. The molecule has 7 heteroatoms. The number of benzene rings is 1. The van der Waals surface area contributed by atoms with Crippen LogP contribution in [0.4, 0.5) is 5.69 Å². The largest absolute Gasteiger partial charge is 0.306 e. The van der Waals surface area contributed by atoms with Crippen LogP contribution >= 0.6 is 0 Å². The summed E-state index contributed by atoms with van der Waals surface area (Å²) in [6.45, 7) is 1.78. The number of Topliss-reactive ketones (excluding diaryl/α,β-unsaturated/α-hetero) is 1. The molecule has 1 aliphatic rings. The summed E-state index contributed by atoms with van der Waals surface area (Å²) in [5.74, 6) is -0.0198. The Hall–Kier alpha value is -2.80. The molecule has 1 aromatic heterocycles. The quantitative estimate of drug-likeness (QED) is 0.475. The molecule has 0 unspecified atom stereocenters. The molecule has 0 N–H and O–H groups in total. The maximum Gasteiger partial charge on any atom is 0.270 e. The van der Waals surface area contributed by atoms with Gasteiger partial charge >= 0.3 is 0 Å². The summed E-state index contributed by atoms with van der Waals surface area (Å²) < 4.78 is 1.54. The summed E-state index contributed by atoms with van der Waals surface area (Å²) >= 11 is 0. The molecule has 0 saturated carbocycles. The SMILES string of the molecule is CN1CCC(C(=O)/C(=C/c2cccc([N+](=O)[O-])c2)n2cccn2)CC1. The van der Waals surface area contributed by atoms with Crippen molar-refractivity contribution in [3.8, 4) is 0 Å². The molecule has 0 spiro atoms. The number of carbonyl (C=O) groups is 1. The molecule has 0 radical (unpaired) electrons. The zero-order chi connectivity index (χ0) is 17.8. The Bertz CT molecular complexity index is 790. The summed E-state index contributed by atoms with van der Waals surface area (Å²) in [5, 5.41) is 15.2. The molecule has 0 atom stereocenters. The van der Waals surface area contributed by atoms with Gasteiger partial charge in [-0.15, -0.1) is 0 Å². The van der Waals surface area contributed by atoms with E-state index < -0.39 is 4.92 Å². The molecule has 130 valence electrons. The summed E-state index contributed by atoms with van der Waals surface area (Å²) in [6, 6.07) is 8.02. The van der Waals surface area contributed by atoms with Gasteiger partial charge < -0.3 is 4.90 Å². The van der Waals surface area contributed by atoms with Crippen molar-refractivity contribution in [2.75, 3.05) is 20.1 Å². The second-order valence-electron chi connectivity index (χ2n) is 6.27. The molecular weight excluding hydrogens is 320 g/mol. The van der Waals surface area contributed by atoms with Crippen LogP contribution in [0.5, 0.6) is 0 Å². The van der Waals surface area contributed by atoms with E-state index in [1.54, 1.807) is 41.4 Å². The number of carbonyl (C=O) groups excluding carboxylic acids is 1. The van der Waals surface area contributed by atoms with Gasteiger partial charge in [0, 0.05) is 30.4 Å². The number of rotatable bonds is 5. The summed E-state index contributed by atoms with van der Waals surface area (Å²) in [4.78, 5) is 25.8. The fraction of sp³-hybridized carbons (Fsp3) is 0.333. The predicted molar refractivity (Wildman–Crippen MR) is 94.7 cm³/mol. The minimum atomic E-state index is -0.441. The lowest BCUT2D eigenvalue weighted by Crippen LogP contribution is -2.34. The first-order valence-electron chi connectivity index (χ1n) is 8.23. The van der Waals surface area contributed by atoms with Crippen LogP contribution in [0.25, 0.3) is 11.8 Å². The minimum Gasteiger partial charge on any atom is -0.306 e. The van der Waals surface area contributed by atoms with Crippen LogP contribution in [0, 0.1) is 16.0 Å². The third-order valence-corrected chi connectivity index (χ3v) is 4.48. The molecule has 0 bridgehead atoms. The van der Waals surface area contributed by atoms with Crippen molar-refractivity contribution in [1.29, 1.82) is 0 Å². The van der Waals surface area contributed by atoms with Gasteiger partial charge in [-0.2, -0.15) is 5.10 Å². The number of hydrogen-bond donors (Lipinski definition) is 0. The van der Waals surface area contributed by atoms with Crippen LogP contribution in [-0.2, 0) is 4.79 Å². The van der Waals surface area contributed by atoms with Crippen LogP contribution in [-0.4, -0.2) is 45.5 Å². The van der Waals surface area contributed by atoms with Crippen LogP contribution in [0.2, 0.25) is 0 Å². The van der Waals surface area contributed by atoms with Crippen molar-refractivity contribution in [1.82, 2.24) is 14.7 Å². The van der Waals surface area contributed by atoms with Crippen molar-refractivity contribution < 1.29 is 9.72 Å². The molecular formula is C18H20N4O3.